The van der Waals surface area contributed by atoms with Gasteiger partial charge in [0.25, 0.3) is 0 Å². The van der Waals surface area contributed by atoms with E-state index in [0.29, 0.717) is 79.3 Å². The Bertz CT molecular complexity index is 354. The Labute approximate surface area is 198 Å². The molecule has 32 heavy (non-hydrogen) atoms. The van der Waals surface area contributed by atoms with Crippen LogP contribution in [-0.2, 0) is 32.8 Å². The van der Waals surface area contributed by atoms with Crippen molar-refractivity contribution in [3.05, 3.63) is 0 Å². The fourth-order valence-corrected chi connectivity index (χ4v) is 3.47. The van der Waals surface area contributed by atoms with Gasteiger partial charge in [-0.15, -0.1) is 0 Å². The average Bonchev–Trinajstić information content (AvgIpc) is 2.75. The smallest absolute Gasteiger partial charge is 0.183 e. The maximum atomic E-state index is 5.71. The average molecular weight is 481 g/mol. The van der Waals surface area contributed by atoms with E-state index in [9.17, 15) is 0 Å². The van der Waals surface area contributed by atoms with Crippen LogP contribution < -0.4 is 0 Å². The topological polar surface area (TPSA) is 64.6 Å². The summed E-state index contributed by atoms with van der Waals surface area (Å²) in [5.74, 6) is 0. The molecule has 0 spiro atoms. The second kappa shape index (κ2) is 25.6. The summed E-state index contributed by atoms with van der Waals surface area (Å²) in [6.45, 7) is 16.8. The third-order valence-corrected chi connectivity index (χ3v) is 5.59. The van der Waals surface area contributed by atoms with E-state index in [1.165, 1.54) is 38.5 Å². The molecule has 0 N–H and O–H groups in total. The number of hydrogen-bond donors (Lipinski definition) is 0. The van der Waals surface area contributed by atoms with Crippen molar-refractivity contribution >= 4 is 8.32 Å². The van der Waals surface area contributed by atoms with E-state index in [1.807, 2.05) is 0 Å². The van der Waals surface area contributed by atoms with Crippen molar-refractivity contribution in [2.24, 2.45) is 0 Å². The summed E-state index contributed by atoms with van der Waals surface area (Å²) in [5, 5.41) is 0. The molecule has 0 aromatic rings. The molecule has 7 nitrogen and oxygen atoms in total. The highest BCUT2D eigenvalue weighted by atomic mass is 28.4. The number of ether oxygens (including phenoxy) is 6. The lowest BCUT2D eigenvalue weighted by Crippen LogP contribution is -2.27. The molecule has 0 amide bonds. The van der Waals surface area contributed by atoms with Crippen molar-refractivity contribution in [3.63, 3.8) is 0 Å². The molecule has 8 heteroatoms. The van der Waals surface area contributed by atoms with E-state index < -0.39 is 8.32 Å². The lowest BCUT2D eigenvalue weighted by atomic mass is 10.1. The van der Waals surface area contributed by atoms with Crippen molar-refractivity contribution in [2.45, 2.75) is 71.5 Å². The van der Waals surface area contributed by atoms with Crippen LogP contribution >= 0.6 is 0 Å². The van der Waals surface area contributed by atoms with E-state index in [-0.39, 0.29) is 0 Å². The molecule has 0 atom stereocenters. The summed E-state index contributed by atoms with van der Waals surface area (Å²) in [4.78, 5) is 0. The maximum Gasteiger partial charge on any atom is 0.183 e. The molecule has 0 bridgehead atoms. The molecular formula is C24H52O7Si. The van der Waals surface area contributed by atoms with Gasteiger partial charge >= 0.3 is 0 Å². The minimum absolute atomic E-state index is 0.564. The van der Waals surface area contributed by atoms with Gasteiger partial charge in [-0.25, -0.2) is 0 Å². The SMILES string of the molecule is CCCCCCCCCOCCOCCOCCOCCOCCOCCO[Si](C)(C)C. The fourth-order valence-electron chi connectivity index (χ4n) is 2.77. The van der Waals surface area contributed by atoms with Crippen LogP contribution in [0, 0.1) is 0 Å². The molecule has 0 aliphatic heterocycles. The van der Waals surface area contributed by atoms with Crippen LogP contribution in [0.25, 0.3) is 0 Å². The first-order chi connectivity index (χ1) is 15.6. The first-order valence-electron chi connectivity index (χ1n) is 12.7. The summed E-state index contributed by atoms with van der Waals surface area (Å²) in [6.07, 6.45) is 9.17. The molecule has 0 aliphatic rings. The van der Waals surface area contributed by atoms with Gasteiger partial charge in [-0.05, 0) is 26.1 Å². The van der Waals surface area contributed by atoms with Gasteiger partial charge in [0.1, 0.15) is 0 Å². The van der Waals surface area contributed by atoms with Crippen molar-refractivity contribution < 1.29 is 32.8 Å². The van der Waals surface area contributed by atoms with E-state index in [1.54, 1.807) is 0 Å². The fraction of sp³-hybridized carbons (Fsp3) is 1.00. The normalized spacial score (nSPS) is 12.0. The van der Waals surface area contributed by atoms with Gasteiger partial charge in [-0.3, -0.25) is 0 Å². The predicted molar refractivity (Wildman–Crippen MR) is 132 cm³/mol. The summed E-state index contributed by atoms with van der Waals surface area (Å²) >= 11 is 0. The summed E-state index contributed by atoms with van der Waals surface area (Å²) in [6, 6.07) is 0. The molecule has 194 valence electrons. The molecule has 0 aliphatic carbocycles. The first kappa shape index (κ1) is 31.9. The highest BCUT2D eigenvalue weighted by Crippen LogP contribution is 2.06. The molecule has 0 saturated carbocycles. The summed E-state index contributed by atoms with van der Waals surface area (Å²) in [7, 11) is -1.43. The monoisotopic (exact) mass is 480 g/mol. The van der Waals surface area contributed by atoms with Crippen LogP contribution in [0.4, 0.5) is 0 Å². The van der Waals surface area contributed by atoms with Gasteiger partial charge in [0.15, 0.2) is 8.32 Å². The zero-order chi connectivity index (χ0) is 23.6. The first-order valence-corrected chi connectivity index (χ1v) is 16.1. The van der Waals surface area contributed by atoms with Crippen LogP contribution in [0.2, 0.25) is 19.6 Å². The molecular weight excluding hydrogens is 428 g/mol. The van der Waals surface area contributed by atoms with Crippen LogP contribution in [0.15, 0.2) is 0 Å². The van der Waals surface area contributed by atoms with E-state index in [2.05, 4.69) is 26.6 Å². The molecule has 0 aromatic heterocycles. The van der Waals surface area contributed by atoms with E-state index in [0.717, 1.165) is 13.0 Å². The van der Waals surface area contributed by atoms with Gasteiger partial charge in [-0.2, -0.15) is 0 Å². The van der Waals surface area contributed by atoms with Crippen molar-refractivity contribution in [1.29, 1.82) is 0 Å². The van der Waals surface area contributed by atoms with Crippen LogP contribution in [-0.4, -0.2) is 94.2 Å². The number of unbranched alkanes of at least 4 members (excludes halogenated alkanes) is 6. The van der Waals surface area contributed by atoms with Gasteiger partial charge in [0, 0.05) is 6.61 Å². The lowest BCUT2D eigenvalue weighted by molar-refractivity contribution is -0.0180. The second-order valence-electron chi connectivity index (χ2n) is 8.76. The van der Waals surface area contributed by atoms with Crippen molar-refractivity contribution in [2.75, 3.05) is 85.9 Å². The predicted octanol–water partition coefficient (Wildman–Crippen LogP) is 4.69. The van der Waals surface area contributed by atoms with Crippen LogP contribution in [0.1, 0.15) is 51.9 Å². The zero-order valence-corrected chi connectivity index (χ0v) is 22.5. The Morgan fingerprint density at radius 3 is 1.06 bits per heavy atom. The van der Waals surface area contributed by atoms with E-state index >= 15 is 0 Å². The Kier molecular flexibility index (Phi) is 25.5. The van der Waals surface area contributed by atoms with Crippen molar-refractivity contribution in [1.82, 2.24) is 0 Å². The van der Waals surface area contributed by atoms with Crippen molar-refractivity contribution in [3.8, 4) is 0 Å². The highest BCUT2D eigenvalue weighted by molar-refractivity contribution is 6.69. The minimum atomic E-state index is -1.43. The van der Waals surface area contributed by atoms with Gasteiger partial charge in [0.2, 0.25) is 0 Å². The minimum Gasteiger partial charge on any atom is -0.415 e. The number of hydrogen-bond acceptors (Lipinski definition) is 7. The molecule has 0 heterocycles. The van der Waals surface area contributed by atoms with Crippen LogP contribution in [0.5, 0.6) is 0 Å². The van der Waals surface area contributed by atoms with Gasteiger partial charge in [-0.1, -0.05) is 45.4 Å². The maximum absolute atomic E-state index is 5.71. The molecule has 0 rings (SSSR count). The summed E-state index contributed by atoms with van der Waals surface area (Å²) in [5.41, 5.74) is 0. The van der Waals surface area contributed by atoms with E-state index in [4.69, 9.17) is 32.8 Å². The Hall–Kier alpha value is -0.0631. The standard InChI is InChI=1S/C24H52O7Si/c1-5-6-7-8-9-10-11-12-25-13-14-26-15-16-27-17-18-28-19-20-29-21-22-30-23-24-31-32(2,3)4/h5-24H2,1-4H3. The second-order valence-corrected chi connectivity index (χ2v) is 13.3. The molecule has 0 aromatic carbocycles. The quantitative estimate of drug-likeness (QED) is 0.125. The largest absolute Gasteiger partial charge is 0.415 e. The van der Waals surface area contributed by atoms with Crippen LogP contribution in [0.3, 0.4) is 0 Å². The van der Waals surface area contributed by atoms with Gasteiger partial charge in [0.05, 0.1) is 79.3 Å². The summed E-state index contributed by atoms with van der Waals surface area (Å²) < 4.78 is 38.7. The molecule has 0 unspecified atom stereocenters. The molecule has 0 fully saturated rings. The number of rotatable bonds is 27. The Balaban J connectivity index is 3.02. The lowest BCUT2D eigenvalue weighted by Gasteiger charge is -2.16. The third-order valence-electron chi connectivity index (χ3n) is 4.52. The Morgan fingerprint density at radius 1 is 0.375 bits per heavy atom. The van der Waals surface area contributed by atoms with Gasteiger partial charge < -0.3 is 32.8 Å². The molecule has 0 radical (unpaired) electrons. The third kappa shape index (κ3) is 29.9. The Morgan fingerprint density at radius 2 is 0.688 bits per heavy atom. The molecule has 0 saturated heterocycles. The zero-order valence-electron chi connectivity index (χ0n) is 21.5. The highest BCUT2D eigenvalue weighted by Gasteiger charge is 2.12.